The van der Waals surface area contributed by atoms with E-state index in [-0.39, 0.29) is 5.89 Å². The minimum Gasteiger partial charge on any atom is -0.444 e. The van der Waals surface area contributed by atoms with Gasteiger partial charge in [-0.15, -0.1) is 0 Å². The molecule has 0 aliphatic carbocycles. The molecule has 1 unspecified atom stereocenters. The Balaban J connectivity index is 2.07. The van der Waals surface area contributed by atoms with E-state index in [9.17, 15) is 9.90 Å². The Morgan fingerprint density at radius 3 is 2.58 bits per heavy atom. The number of hydrogen-bond donors (Lipinski definition) is 2. The number of benzene rings is 1. The largest absolute Gasteiger partial charge is 0.444 e. The van der Waals surface area contributed by atoms with Gasteiger partial charge in [0.2, 0.25) is 5.82 Å². The van der Waals surface area contributed by atoms with Gasteiger partial charge < -0.3 is 19.7 Å². The van der Waals surface area contributed by atoms with Crippen LogP contribution in [0.3, 0.4) is 0 Å². The number of carbonyl (C=O) groups is 1. The summed E-state index contributed by atoms with van der Waals surface area (Å²) >= 11 is 0. The summed E-state index contributed by atoms with van der Waals surface area (Å²) in [7, 11) is 0. The van der Waals surface area contributed by atoms with Crippen LogP contribution >= 0.6 is 0 Å². The maximum atomic E-state index is 11.9. The average Bonchev–Trinajstić information content (AvgIpc) is 3.01. The molecule has 24 heavy (non-hydrogen) atoms. The van der Waals surface area contributed by atoms with Gasteiger partial charge >= 0.3 is 6.09 Å². The molecule has 0 saturated carbocycles. The van der Waals surface area contributed by atoms with E-state index in [0.717, 1.165) is 5.56 Å². The van der Waals surface area contributed by atoms with E-state index in [0.29, 0.717) is 12.2 Å². The molecule has 0 aliphatic heterocycles. The Morgan fingerprint density at radius 1 is 1.33 bits per heavy atom. The van der Waals surface area contributed by atoms with Crippen molar-refractivity contribution in [3.63, 3.8) is 0 Å². The van der Waals surface area contributed by atoms with Gasteiger partial charge in [0.15, 0.2) is 6.10 Å². The lowest BCUT2D eigenvalue weighted by Gasteiger charge is -2.24. The molecule has 0 fully saturated rings. The number of hydrogen-bond acceptors (Lipinski definition) is 6. The molecule has 0 bridgehead atoms. The molecule has 0 radical (unpaired) electrons. The van der Waals surface area contributed by atoms with Crippen molar-refractivity contribution in [1.29, 1.82) is 0 Å². The summed E-state index contributed by atoms with van der Waals surface area (Å²) in [5.74, 6) is 0.438. The highest BCUT2D eigenvalue weighted by Crippen LogP contribution is 2.22. The number of aliphatic hydroxyl groups excluding tert-OH is 1. The molecule has 0 saturated heterocycles. The number of alkyl carbamates (subject to hydrolysis) is 1. The number of nitrogens with one attached hydrogen (secondary N) is 1. The van der Waals surface area contributed by atoms with E-state index in [1.165, 1.54) is 0 Å². The zero-order valence-electron chi connectivity index (χ0n) is 14.3. The van der Waals surface area contributed by atoms with Crippen LogP contribution in [0.25, 0.3) is 11.4 Å². The summed E-state index contributed by atoms with van der Waals surface area (Å²) < 4.78 is 10.3. The van der Waals surface area contributed by atoms with Gasteiger partial charge in [0.05, 0.1) is 6.04 Å². The molecule has 1 aromatic heterocycles. The molecular weight excluding hydrogens is 310 g/mol. The molecule has 1 aromatic carbocycles. The van der Waals surface area contributed by atoms with Crippen molar-refractivity contribution in [2.75, 3.05) is 0 Å². The number of nitrogens with zero attached hydrogens (tertiary/aromatic N) is 2. The standard InChI is InChI=1S/C17H23N3O4/c1-5-12(18-16(22)23-17(2,3)4)13(21)15-19-14(20-24-15)11-9-7-6-8-10-11/h6-10,12-13,21H,5H2,1-4H3,(H,18,22)/t12?,13-/m0/s1. The second kappa shape index (κ2) is 7.44. The van der Waals surface area contributed by atoms with Crippen LogP contribution in [0.15, 0.2) is 34.9 Å². The molecule has 1 heterocycles. The number of aliphatic hydroxyl groups is 1. The van der Waals surface area contributed by atoms with Gasteiger partial charge in [0, 0.05) is 5.56 Å². The summed E-state index contributed by atoms with van der Waals surface area (Å²) in [5, 5.41) is 16.9. The van der Waals surface area contributed by atoms with Crippen LogP contribution in [0.2, 0.25) is 0 Å². The van der Waals surface area contributed by atoms with Crippen LogP contribution in [0.4, 0.5) is 4.79 Å². The van der Waals surface area contributed by atoms with Crippen LogP contribution in [0, 0.1) is 0 Å². The third-order valence-corrected chi connectivity index (χ3v) is 3.25. The Kier molecular flexibility index (Phi) is 5.56. The highest BCUT2D eigenvalue weighted by molar-refractivity contribution is 5.68. The second-order valence-corrected chi connectivity index (χ2v) is 6.43. The topological polar surface area (TPSA) is 97.5 Å². The van der Waals surface area contributed by atoms with Crippen molar-refractivity contribution >= 4 is 6.09 Å². The summed E-state index contributed by atoms with van der Waals surface area (Å²) in [4.78, 5) is 16.1. The van der Waals surface area contributed by atoms with Crippen LogP contribution in [-0.4, -0.2) is 33.0 Å². The summed E-state index contributed by atoms with van der Waals surface area (Å²) in [6.45, 7) is 7.15. The Bertz CT molecular complexity index is 664. The Hall–Kier alpha value is -2.41. The Labute approximate surface area is 141 Å². The third-order valence-electron chi connectivity index (χ3n) is 3.25. The van der Waals surface area contributed by atoms with Crippen molar-refractivity contribution < 1.29 is 19.2 Å². The first-order chi connectivity index (χ1) is 11.3. The molecule has 7 nitrogen and oxygen atoms in total. The van der Waals surface area contributed by atoms with Crippen molar-refractivity contribution in [3.8, 4) is 11.4 Å². The van der Waals surface area contributed by atoms with Crippen molar-refractivity contribution in [2.24, 2.45) is 0 Å². The SMILES string of the molecule is CCC(NC(=O)OC(C)(C)C)[C@H](O)c1nc(-c2ccccc2)no1. The van der Waals surface area contributed by atoms with Gasteiger partial charge in [-0.1, -0.05) is 42.4 Å². The van der Waals surface area contributed by atoms with E-state index in [4.69, 9.17) is 9.26 Å². The molecule has 7 heteroatoms. The Morgan fingerprint density at radius 2 is 2.00 bits per heavy atom. The monoisotopic (exact) mass is 333 g/mol. The molecule has 2 N–H and O–H groups in total. The summed E-state index contributed by atoms with van der Waals surface area (Å²) in [6.07, 6.45) is -1.24. The van der Waals surface area contributed by atoms with Gasteiger partial charge in [-0.3, -0.25) is 0 Å². The zero-order valence-corrected chi connectivity index (χ0v) is 14.3. The highest BCUT2D eigenvalue weighted by atomic mass is 16.6. The number of carbonyl (C=O) groups excluding carboxylic acids is 1. The lowest BCUT2D eigenvalue weighted by molar-refractivity contribution is 0.0375. The second-order valence-electron chi connectivity index (χ2n) is 6.43. The minimum absolute atomic E-state index is 0.0526. The molecule has 0 aliphatic rings. The predicted octanol–water partition coefficient (Wildman–Crippen LogP) is 3.07. The molecule has 1 amide bonds. The van der Waals surface area contributed by atoms with Crippen molar-refractivity contribution in [2.45, 2.75) is 51.9 Å². The van der Waals surface area contributed by atoms with Gasteiger partial charge in [0.1, 0.15) is 5.60 Å². The normalized spacial score (nSPS) is 14.0. The van der Waals surface area contributed by atoms with Crippen LogP contribution in [-0.2, 0) is 4.74 Å². The number of aromatic nitrogens is 2. The first kappa shape index (κ1) is 17.9. The quantitative estimate of drug-likeness (QED) is 0.872. The van der Waals surface area contributed by atoms with E-state index < -0.39 is 23.8 Å². The summed E-state index contributed by atoms with van der Waals surface area (Å²) in [5.41, 5.74) is 0.172. The minimum atomic E-state index is -1.12. The summed E-state index contributed by atoms with van der Waals surface area (Å²) in [6, 6.07) is 8.71. The first-order valence-electron chi connectivity index (χ1n) is 7.86. The van der Waals surface area contributed by atoms with Crippen molar-refractivity contribution in [3.05, 3.63) is 36.2 Å². The van der Waals surface area contributed by atoms with Gasteiger partial charge in [0.25, 0.3) is 5.89 Å². The highest BCUT2D eigenvalue weighted by Gasteiger charge is 2.28. The van der Waals surface area contributed by atoms with E-state index in [1.54, 1.807) is 20.8 Å². The molecule has 0 spiro atoms. The van der Waals surface area contributed by atoms with Crippen LogP contribution in [0.1, 0.15) is 46.1 Å². The van der Waals surface area contributed by atoms with E-state index in [2.05, 4.69) is 15.5 Å². The van der Waals surface area contributed by atoms with E-state index >= 15 is 0 Å². The number of ether oxygens (including phenoxy) is 1. The van der Waals surface area contributed by atoms with Crippen LogP contribution in [0.5, 0.6) is 0 Å². The zero-order chi connectivity index (χ0) is 17.7. The lowest BCUT2D eigenvalue weighted by atomic mass is 10.1. The fourth-order valence-electron chi connectivity index (χ4n) is 2.10. The first-order valence-corrected chi connectivity index (χ1v) is 7.86. The van der Waals surface area contributed by atoms with Gasteiger partial charge in [-0.05, 0) is 27.2 Å². The molecule has 2 atom stereocenters. The molecular formula is C17H23N3O4. The smallest absolute Gasteiger partial charge is 0.407 e. The molecule has 2 rings (SSSR count). The average molecular weight is 333 g/mol. The number of amides is 1. The molecule has 2 aromatic rings. The molecule has 130 valence electrons. The van der Waals surface area contributed by atoms with E-state index in [1.807, 2.05) is 37.3 Å². The van der Waals surface area contributed by atoms with Crippen molar-refractivity contribution in [1.82, 2.24) is 15.5 Å². The maximum absolute atomic E-state index is 11.9. The van der Waals surface area contributed by atoms with Crippen LogP contribution < -0.4 is 5.32 Å². The van der Waals surface area contributed by atoms with Gasteiger partial charge in [-0.2, -0.15) is 4.98 Å². The predicted molar refractivity (Wildman–Crippen MR) is 88.1 cm³/mol. The maximum Gasteiger partial charge on any atom is 0.407 e. The fraction of sp³-hybridized carbons (Fsp3) is 0.471. The van der Waals surface area contributed by atoms with Gasteiger partial charge in [-0.25, -0.2) is 4.79 Å². The number of rotatable bonds is 5. The fourth-order valence-corrected chi connectivity index (χ4v) is 2.10. The lowest BCUT2D eigenvalue weighted by Crippen LogP contribution is -2.42. The third kappa shape index (κ3) is 4.79.